The Kier molecular flexibility index (Phi) is 4.32. The van der Waals surface area contributed by atoms with Crippen molar-refractivity contribution in [2.75, 3.05) is 5.32 Å². The second-order valence-corrected chi connectivity index (χ2v) is 5.41. The van der Waals surface area contributed by atoms with Crippen LogP contribution in [0.4, 0.5) is 5.69 Å². The van der Waals surface area contributed by atoms with Gasteiger partial charge < -0.3 is 10.4 Å². The van der Waals surface area contributed by atoms with E-state index in [1.165, 1.54) is 12.1 Å². The lowest BCUT2D eigenvalue weighted by atomic mass is 10.1. The first-order chi connectivity index (χ1) is 8.99. The first-order valence-electron chi connectivity index (χ1n) is 6.02. The van der Waals surface area contributed by atoms with Crippen LogP contribution in [0.25, 0.3) is 0 Å². The smallest absolute Gasteiger partial charge is 0.335 e. The molecule has 1 fully saturated rings. The highest BCUT2D eigenvalue weighted by atomic mass is 35.5. The Labute approximate surface area is 120 Å². The van der Waals surface area contributed by atoms with Gasteiger partial charge in [0.15, 0.2) is 0 Å². The van der Waals surface area contributed by atoms with Crippen molar-refractivity contribution in [2.24, 2.45) is 5.92 Å². The van der Waals surface area contributed by atoms with Gasteiger partial charge in [-0.1, -0.05) is 36.0 Å². The van der Waals surface area contributed by atoms with Crippen LogP contribution in [-0.4, -0.2) is 17.0 Å². The predicted molar refractivity (Wildman–Crippen MR) is 74.0 cm³/mol. The van der Waals surface area contributed by atoms with Gasteiger partial charge in [-0.25, -0.2) is 4.79 Å². The number of hydrogen-bond acceptors (Lipinski definition) is 2. The summed E-state index contributed by atoms with van der Waals surface area (Å²) in [6.45, 7) is 0. The number of carboxylic acid groups (broad SMARTS) is 1. The van der Waals surface area contributed by atoms with Crippen molar-refractivity contribution >= 4 is 40.8 Å². The van der Waals surface area contributed by atoms with Gasteiger partial charge in [0.05, 0.1) is 21.3 Å². The van der Waals surface area contributed by atoms with E-state index in [0.717, 1.165) is 25.7 Å². The number of halogens is 2. The van der Waals surface area contributed by atoms with Crippen LogP contribution >= 0.6 is 23.2 Å². The molecular weight excluding hydrogens is 289 g/mol. The molecule has 1 aliphatic rings. The number of benzene rings is 1. The lowest BCUT2D eigenvalue weighted by molar-refractivity contribution is -0.119. The van der Waals surface area contributed by atoms with Crippen molar-refractivity contribution in [3.05, 3.63) is 27.7 Å². The Hall–Kier alpha value is -1.26. The normalized spacial score (nSPS) is 15.5. The minimum Gasteiger partial charge on any atom is -0.478 e. The fourth-order valence-corrected chi connectivity index (χ4v) is 2.81. The molecule has 0 unspecified atom stereocenters. The van der Waals surface area contributed by atoms with Crippen LogP contribution in [0.2, 0.25) is 10.0 Å². The maximum Gasteiger partial charge on any atom is 0.335 e. The van der Waals surface area contributed by atoms with Gasteiger partial charge in [-0.3, -0.25) is 4.79 Å². The van der Waals surface area contributed by atoms with Crippen LogP contribution in [-0.2, 0) is 4.79 Å². The lowest BCUT2D eigenvalue weighted by Gasteiger charge is -2.13. The summed E-state index contributed by atoms with van der Waals surface area (Å²) in [5, 5.41) is 11.8. The molecule has 0 atom stereocenters. The summed E-state index contributed by atoms with van der Waals surface area (Å²) < 4.78 is 0. The molecule has 4 nitrogen and oxygen atoms in total. The van der Waals surface area contributed by atoms with Crippen LogP contribution in [0.5, 0.6) is 0 Å². The van der Waals surface area contributed by atoms with E-state index in [9.17, 15) is 9.59 Å². The molecule has 0 bridgehead atoms. The number of carbonyl (C=O) groups excluding carboxylic acids is 1. The number of carbonyl (C=O) groups is 2. The monoisotopic (exact) mass is 301 g/mol. The number of amides is 1. The zero-order chi connectivity index (χ0) is 14.0. The second-order valence-electron chi connectivity index (χ2n) is 4.59. The predicted octanol–water partition coefficient (Wildman–Crippen LogP) is 3.82. The Bertz CT molecular complexity index is 502. The average Bonchev–Trinajstić information content (AvgIpc) is 2.86. The molecule has 1 aliphatic carbocycles. The van der Waals surface area contributed by atoms with E-state index >= 15 is 0 Å². The van der Waals surface area contributed by atoms with Gasteiger partial charge in [-0.05, 0) is 25.0 Å². The summed E-state index contributed by atoms with van der Waals surface area (Å²) in [5.74, 6) is -1.23. The van der Waals surface area contributed by atoms with E-state index < -0.39 is 5.97 Å². The highest BCUT2D eigenvalue weighted by Crippen LogP contribution is 2.33. The largest absolute Gasteiger partial charge is 0.478 e. The van der Waals surface area contributed by atoms with Crippen molar-refractivity contribution in [3.63, 3.8) is 0 Å². The molecule has 0 saturated heterocycles. The maximum absolute atomic E-state index is 12.0. The van der Waals surface area contributed by atoms with E-state index in [2.05, 4.69) is 5.32 Å². The quantitative estimate of drug-likeness (QED) is 0.892. The summed E-state index contributed by atoms with van der Waals surface area (Å²) in [7, 11) is 0. The summed E-state index contributed by atoms with van der Waals surface area (Å²) in [4.78, 5) is 22.8. The van der Waals surface area contributed by atoms with E-state index in [1.54, 1.807) is 0 Å². The molecule has 1 aromatic rings. The summed E-state index contributed by atoms with van der Waals surface area (Å²) >= 11 is 11.9. The molecule has 102 valence electrons. The zero-order valence-electron chi connectivity index (χ0n) is 10.1. The zero-order valence-corrected chi connectivity index (χ0v) is 11.6. The molecule has 0 aromatic heterocycles. The fourth-order valence-electron chi connectivity index (χ4n) is 2.23. The van der Waals surface area contributed by atoms with Gasteiger partial charge in [0.2, 0.25) is 5.91 Å². The second kappa shape index (κ2) is 5.80. The van der Waals surface area contributed by atoms with E-state index in [1.807, 2.05) is 0 Å². The third-order valence-corrected chi connectivity index (χ3v) is 3.86. The molecule has 2 N–H and O–H groups in total. The SMILES string of the molecule is O=C(O)c1cc(Cl)c(NC(=O)C2CCCC2)c(Cl)c1. The summed E-state index contributed by atoms with van der Waals surface area (Å²) in [6, 6.07) is 2.56. The Balaban J connectivity index is 2.20. The Morgan fingerprint density at radius 1 is 1.16 bits per heavy atom. The number of carboxylic acids is 1. The third-order valence-electron chi connectivity index (χ3n) is 3.26. The third kappa shape index (κ3) is 3.19. The van der Waals surface area contributed by atoms with Crippen molar-refractivity contribution in [1.29, 1.82) is 0 Å². The van der Waals surface area contributed by atoms with Gasteiger partial charge >= 0.3 is 5.97 Å². The first kappa shape index (κ1) is 14.2. The van der Waals surface area contributed by atoms with Gasteiger partial charge in [0, 0.05) is 5.92 Å². The van der Waals surface area contributed by atoms with Gasteiger partial charge in [0.25, 0.3) is 0 Å². The number of aromatic carboxylic acids is 1. The molecule has 1 aromatic carbocycles. The molecule has 0 radical (unpaired) electrons. The maximum atomic E-state index is 12.0. The molecular formula is C13H13Cl2NO3. The number of anilines is 1. The molecule has 2 rings (SSSR count). The first-order valence-corrected chi connectivity index (χ1v) is 6.78. The van der Waals surface area contributed by atoms with Crippen molar-refractivity contribution in [1.82, 2.24) is 0 Å². The van der Waals surface area contributed by atoms with Crippen LogP contribution in [0, 0.1) is 5.92 Å². The molecule has 19 heavy (non-hydrogen) atoms. The fraction of sp³-hybridized carbons (Fsp3) is 0.385. The lowest BCUT2D eigenvalue weighted by Crippen LogP contribution is -2.20. The highest BCUT2D eigenvalue weighted by Gasteiger charge is 2.24. The Morgan fingerprint density at radius 3 is 2.16 bits per heavy atom. The van der Waals surface area contributed by atoms with Crippen LogP contribution in [0.15, 0.2) is 12.1 Å². The highest BCUT2D eigenvalue weighted by molar-refractivity contribution is 6.40. The number of hydrogen-bond donors (Lipinski definition) is 2. The Morgan fingerprint density at radius 2 is 1.68 bits per heavy atom. The average molecular weight is 302 g/mol. The molecule has 0 heterocycles. The number of rotatable bonds is 3. The molecule has 1 saturated carbocycles. The molecule has 0 spiro atoms. The van der Waals surface area contributed by atoms with E-state index in [4.69, 9.17) is 28.3 Å². The van der Waals surface area contributed by atoms with E-state index in [0.29, 0.717) is 0 Å². The minimum atomic E-state index is -1.11. The minimum absolute atomic E-state index is 0.00568. The standard InChI is InChI=1S/C13H13Cl2NO3/c14-9-5-8(13(18)19)6-10(15)11(9)16-12(17)7-3-1-2-4-7/h5-7H,1-4H2,(H,16,17)(H,18,19). The van der Waals surface area contributed by atoms with Crippen molar-refractivity contribution in [2.45, 2.75) is 25.7 Å². The number of nitrogens with one attached hydrogen (secondary N) is 1. The van der Waals surface area contributed by atoms with Crippen LogP contribution in [0.1, 0.15) is 36.0 Å². The van der Waals surface area contributed by atoms with Gasteiger partial charge in [-0.15, -0.1) is 0 Å². The topological polar surface area (TPSA) is 66.4 Å². The van der Waals surface area contributed by atoms with Gasteiger partial charge in [-0.2, -0.15) is 0 Å². The van der Waals surface area contributed by atoms with Crippen LogP contribution in [0.3, 0.4) is 0 Å². The summed E-state index contributed by atoms with van der Waals surface area (Å²) in [5.41, 5.74) is 0.277. The van der Waals surface area contributed by atoms with Crippen molar-refractivity contribution in [3.8, 4) is 0 Å². The van der Waals surface area contributed by atoms with Gasteiger partial charge in [0.1, 0.15) is 0 Å². The molecule has 6 heteroatoms. The molecule has 0 aliphatic heterocycles. The van der Waals surface area contributed by atoms with Crippen molar-refractivity contribution < 1.29 is 14.7 Å². The molecule has 1 amide bonds. The van der Waals surface area contributed by atoms with Crippen LogP contribution < -0.4 is 5.32 Å². The summed E-state index contributed by atoms with van der Waals surface area (Å²) in [6.07, 6.45) is 3.84. The van der Waals surface area contributed by atoms with E-state index in [-0.39, 0.29) is 33.1 Å².